The van der Waals surface area contributed by atoms with Crippen molar-refractivity contribution in [2.75, 3.05) is 4.90 Å². The first-order chi connectivity index (χ1) is 15.6. The zero-order valence-electron chi connectivity index (χ0n) is 17.2. The average Bonchev–Trinajstić information content (AvgIpc) is 3.17. The van der Waals surface area contributed by atoms with Gasteiger partial charge in [-0.15, -0.1) is 0 Å². The van der Waals surface area contributed by atoms with Crippen molar-refractivity contribution in [3.63, 3.8) is 0 Å². The van der Waals surface area contributed by atoms with E-state index in [-0.39, 0.29) is 35.0 Å². The minimum atomic E-state index is -2.87. The second-order valence-corrected chi connectivity index (χ2v) is 8.53. The Balaban J connectivity index is 1.77. The second-order valence-electron chi connectivity index (χ2n) is 8.12. The molecule has 1 aliphatic heterocycles. The number of nitrogens with one attached hydrogen (secondary N) is 2. The molecule has 174 valence electrons. The molecule has 11 heteroatoms. The molecule has 0 spiro atoms. The molecule has 0 bridgehead atoms. The molecule has 2 fully saturated rings. The lowest BCUT2D eigenvalue weighted by Crippen LogP contribution is -2.55. The van der Waals surface area contributed by atoms with Gasteiger partial charge in [-0.25, -0.2) is 13.2 Å². The van der Waals surface area contributed by atoms with Crippen molar-refractivity contribution < 1.29 is 27.6 Å². The Bertz CT molecular complexity index is 1090. The summed E-state index contributed by atoms with van der Waals surface area (Å²) in [6.45, 7) is 0. The number of rotatable bonds is 6. The van der Waals surface area contributed by atoms with E-state index in [0.29, 0.717) is 0 Å². The molecule has 0 radical (unpaired) electrons. The Morgan fingerprint density at radius 1 is 1.24 bits per heavy atom. The van der Waals surface area contributed by atoms with E-state index >= 15 is 0 Å². The Kier molecular flexibility index (Phi) is 6.29. The van der Waals surface area contributed by atoms with Crippen LogP contribution in [0.1, 0.15) is 37.3 Å². The molecule has 2 heterocycles. The minimum Gasteiger partial charge on any atom is -0.351 e. The fraction of sp³-hybridized carbons (Fsp3) is 0.364. The number of benzene rings is 1. The summed E-state index contributed by atoms with van der Waals surface area (Å²) in [5, 5.41) is 5.24. The summed E-state index contributed by atoms with van der Waals surface area (Å²) >= 11 is 6.35. The monoisotopic (exact) mass is 480 g/mol. The van der Waals surface area contributed by atoms with Crippen molar-refractivity contribution in [1.82, 2.24) is 15.6 Å². The van der Waals surface area contributed by atoms with Crippen molar-refractivity contribution >= 4 is 35.0 Å². The number of anilines is 1. The third kappa shape index (κ3) is 4.95. The van der Waals surface area contributed by atoms with E-state index in [1.54, 1.807) is 12.1 Å². The predicted octanol–water partition coefficient (Wildman–Crippen LogP) is 3.14. The van der Waals surface area contributed by atoms with Gasteiger partial charge < -0.3 is 10.6 Å². The van der Waals surface area contributed by atoms with Crippen molar-refractivity contribution in [3.05, 3.63) is 59.1 Å². The summed E-state index contributed by atoms with van der Waals surface area (Å²) in [7, 11) is 0. The number of nitrogens with zero attached hydrogens (tertiary/aromatic N) is 2. The summed E-state index contributed by atoms with van der Waals surface area (Å²) in [5.41, 5.74) is 0.171. The number of carbonyl (C=O) groups excluding carboxylic acids is 3. The molecule has 3 amide bonds. The Labute approximate surface area is 192 Å². The molecule has 1 aliphatic carbocycles. The van der Waals surface area contributed by atoms with Gasteiger partial charge in [0.2, 0.25) is 11.8 Å². The van der Waals surface area contributed by atoms with Crippen LogP contribution in [0.5, 0.6) is 0 Å². The normalized spacial score (nSPS) is 20.5. The van der Waals surface area contributed by atoms with Crippen LogP contribution < -0.4 is 15.5 Å². The van der Waals surface area contributed by atoms with E-state index in [4.69, 9.17) is 11.6 Å². The molecule has 2 N–H and O–H groups in total. The van der Waals surface area contributed by atoms with Gasteiger partial charge in [-0.2, -0.15) is 0 Å². The third-order valence-corrected chi connectivity index (χ3v) is 5.99. The molecule has 0 unspecified atom stereocenters. The van der Waals surface area contributed by atoms with Crippen LogP contribution in [-0.4, -0.2) is 40.7 Å². The van der Waals surface area contributed by atoms with Gasteiger partial charge in [0.25, 0.3) is 11.8 Å². The van der Waals surface area contributed by atoms with Crippen LogP contribution in [0.4, 0.5) is 18.9 Å². The molecule has 1 aromatic carbocycles. The molecular weight excluding hydrogens is 461 g/mol. The minimum absolute atomic E-state index is 0.0415. The van der Waals surface area contributed by atoms with E-state index in [1.165, 1.54) is 18.3 Å². The van der Waals surface area contributed by atoms with Gasteiger partial charge in [0.05, 0.1) is 18.1 Å². The average molecular weight is 481 g/mol. The van der Waals surface area contributed by atoms with Crippen molar-refractivity contribution in [3.8, 4) is 0 Å². The van der Waals surface area contributed by atoms with Crippen LogP contribution >= 0.6 is 11.6 Å². The molecule has 7 nitrogen and oxygen atoms in total. The lowest BCUT2D eigenvalue weighted by molar-refractivity contribution is -0.133. The highest BCUT2D eigenvalue weighted by atomic mass is 35.5. The van der Waals surface area contributed by atoms with E-state index < -0.39 is 54.5 Å². The van der Waals surface area contributed by atoms with Crippen molar-refractivity contribution in [2.45, 2.75) is 49.7 Å². The van der Waals surface area contributed by atoms with Gasteiger partial charge >= 0.3 is 0 Å². The van der Waals surface area contributed by atoms with Crippen molar-refractivity contribution in [2.24, 2.45) is 0 Å². The van der Waals surface area contributed by atoms with E-state index in [2.05, 4.69) is 15.6 Å². The molecule has 1 saturated carbocycles. The first-order valence-corrected chi connectivity index (χ1v) is 10.7. The van der Waals surface area contributed by atoms with Crippen LogP contribution in [0.15, 0.2) is 42.7 Å². The maximum absolute atomic E-state index is 14.1. The molecular formula is C22H20ClF3N4O3. The summed E-state index contributed by atoms with van der Waals surface area (Å²) in [6.07, 6.45) is 1.38. The summed E-state index contributed by atoms with van der Waals surface area (Å²) in [6, 6.07) is 4.12. The van der Waals surface area contributed by atoms with E-state index in [1.807, 2.05) is 0 Å². The summed E-state index contributed by atoms with van der Waals surface area (Å²) in [5.74, 6) is -5.38. The fourth-order valence-corrected chi connectivity index (χ4v) is 4.28. The maximum Gasteiger partial charge on any atom is 0.252 e. The number of hydrogen-bond donors (Lipinski definition) is 2. The molecule has 4 rings (SSSR count). The Morgan fingerprint density at radius 2 is 1.97 bits per heavy atom. The largest absolute Gasteiger partial charge is 0.351 e. The standard InChI is InChI=1S/C22H20ClF3N4O3/c23-16-4-2-1-3-15(16)19(20(32)28-13-8-22(25,26)9-13)30(14-7-12(24)10-27-11-14)21(33)17-5-6-18(31)29-17/h1-4,7,10-11,13,17,19H,5-6,8-9H2,(H,28,32)(H,29,31)/t17-,19-/m1/s1. The lowest BCUT2D eigenvalue weighted by atomic mass is 9.87. The first-order valence-electron chi connectivity index (χ1n) is 10.3. The first kappa shape index (κ1) is 23.0. The molecule has 33 heavy (non-hydrogen) atoms. The van der Waals surface area contributed by atoms with Crippen molar-refractivity contribution in [1.29, 1.82) is 0 Å². The second kappa shape index (κ2) is 9.01. The number of amides is 3. The highest BCUT2D eigenvalue weighted by molar-refractivity contribution is 6.31. The molecule has 1 aromatic heterocycles. The lowest BCUT2D eigenvalue weighted by Gasteiger charge is -2.38. The Hall–Kier alpha value is -3.14. The van der Waals surface area contributed by atoms with Gasteiger partial charge in [-0.3, -0.25) is 24.3 Å². The van der Waals surface area contributed by atoms with Gasteiger partial charge in [-0.1, -0.05) is 29.8 Å². The van der Waals surface area contributed by atoms with Crippen LogP contribution in [0.2, 0.25) is 5.02 Å². The fourth-order valence-electron chi connectivity index (χ4n) is 4.04. The predicted molar refractivity (Wildman–Crippen MR) is 113 cm³/mol. The van der Waals surface area contributed by atoms with Crippen LogP contribution in [0.3, 0.4) is 0 Å². The molecule has 1 saturated heterocycles. The molecule has 2 aliphatic rings. The number of aromatic nitrogens is 1. The van der Waals surface area contributed by atoms with Gasteiger partial charge in [0.15, 0.2) is 0 Å². The smallest absolute Gasteiger partial charge is 0.252 e. The highest BCUT2D eigenvalue weighted by Crippen LogP contribution is 2.39. The highest BCUT2D eigenvalue weighted by Gasteiger charge is 2.47. The van der Waals surface area contributed by atoms with E-state index in [0.717, 1.165) is 17.2 Å². The Morgan fingerprint density at radius 3 is 2.58 bits per heavy atom. The summed E-state index contributed by atoms with van der Waals surface area (Å²) in [4.78, 5) is 43.4. The molecule has 2 atom stereocenters. The summed E-state index contributed by atoms with van der Waals surface area (Å²) < 4.78 is 40.7. The number of carbonyl (C=O) groups is 3. The van der Waals surface area contributed by atoms with Crippen LogP contribution in [0.25, 0.3) is 0 Å². The SMILES string of the molecule is O=C1CC[C@H](C(=O)N(c2cncc(F)c2)[C@@H](C(=O)NC2CC(F)(F)C2)c2ccccc2Cl)N1. The number of hydrogen-bond acceptors (Lipinski definition) is 4. The number of pyridine rings is 1. The number of halogens is 4. The van der Waals surface area contributed by atoms with E-state index in [9.17, 15) is 27.6 Å². The van der Waals surface area contributed by atoms with Crippen LogP contribution in [0, 0.1) is 5.82 Å². The quantitative estimate of drug-likeness (QED) is 0.664. The molecule has 2 aromatic rings. The number of alkyl halides is 2. The third-order valence-electron chi connectivity index (χ3n) is 5.64. The zero-order valence-corrected chi connectivity index (χ0v) is 18.0. The van der Waals surface area contributed by atoms with Gasteiger partial charge in [0.1, 0.15) is 17.9 Å². The van der Waals surface area contributed by atoms with Gasteiger partial charge in [-0.05, 0) is 12.5 Å². The maximum atomic E-state index is 14.1. The topological polar surface area (TPSA) is 91.4 Å². The van der Waals surface area contributed by atoms with Crippen LogP contribution in [-0.2, 0) is 14.4 Å². The zero-order chi connectivity index (χ0) is 23.8. The van der Waals surface area contributed by atoms with Gasteiger partial charge in [0, 0.05) is 42.0 Å².